The molecule has 0 bridgehead atoms. The van der Waals surface area contributed by atoms with Crippen LogP contribution in [0.15, 0.2) is 41.0 Å². The van der Waals surface area contributed by atoms with Gasteiger partial charge in [0.1, 0.15) is 5.82 Å². The number of hydrogen-bond acceptors (Lipinski definition) is 2. The van der Waals surface area contributed by atoms with E-state index in [1.807, 2.05) is 12.1 Å². The summed E-state index contributed by atoms with van der Waals surface area (Å²) >= 11 is 6.02. The molecule has 1 heterocycles. The van der Waals surface area contributed by atoms with Crippen LogP contribution in [0, 0.1) is 5.82 Å². The highest BCUT2D eigenvalue weighted by atomic mass is 35.5. The molecule has 1 unspecified atom stereocenters. The SMILES string of the molecule is CCCNC(Cc1ccccc1F)c1ccoc1Cl. The molecule has 2 aromatic rings. The normalized spacial score (nSPS) is 12.6. The van der Waals surface area contributed by atoms with Crippen LogP contribution in [0.3, 0.4) is 0 Å². The van der Waals surface area contributed by atoms with E-state index in [4.69, 9.17) is 16.0 Å². The molecule has 1 aromatic carbocycles. The van der Waals surface area contributed by atoms with Gasteiger partial charge in [-0.2, -0.15) is 0 Å². The Morgan fingerprint density at radius 3 is 2.74 bits per heavy atom. The molecule has 102 valence electrons. The standard InChI is InChI=1S/C15H17ClFNO/c1-2-8-18-14(12-7-9-19-15(12)16)10-11-5-3-4-6-13(11)17/h3-7,9,14,18H,2,8,10H2,1H3. The first-order valence-corrected chi connectivity index (χ1v) is 6.79. The van der Waals surface area contributed by atoms with Crippen LogP contribution in [-0.4, -0.2) is 6.54 Å². The van der Waals surface area contributed by atoms with E-state index in [1.165, 1.54) is 6.07 Å². The fourth-order valence-corrected chi connectivity index (χ4v) is 2.29. The van der Waals surface area contributed by atoms with Gasteiger partial charge in [0.15, 0.2) is 5.22 Å². The molecule has 0 radical (unpaired) electrons. The zero-order valence-electron chi connectivity index (χ0n) is 10.8. The zero-order chi connectivity index (χ0) is 13.7. The quantitative estimate of drug-likeness (QED) is 0.851. The van der Waals surface area contributed by atoms with Gasteiger partial charge in [-0.1, -0.05) is 25.1 Å². The third kappa shape index (κ3) is 3.58. The van der Waals surface area contributed by atoms with Gasteiger partial charge in [-0.15, -0.1) is 0 Å². The molecule has 0 fully saturated rings. The highest BCUT2D eigenvalue weighted by Gasteiger charge is 2.18. The minimum absolute atomic E-state index is 0.0388. The molecular weight excluding hydrogens is 265 g/mol. The Balaban J connectivity index is 2.19. The van der Waals surface area contributed by atoms with E-state index >= 15 is 0 Å². The van der Waals surface area contributed by atoms with E-state index in [2.05, 4.69) is 12.2 Å². The molecule has 1 atom stereocenters. The van der Waals surface area contributed by atoms with Crippen LogP contribution in [-0.2, 0) is 6.42 Å². The summed E-state index contributed by atoms with van der Waals surface area (Å²) in [7, 11) is 0. The Hall–Kier alpha value is -1.32. The summed E-state index contributed by atoms with van der Waals surface area (Å²) in [5.74, 6) is -0.189. The van der Waals surface area contributed by atoms with Gasteiger partial charge in [-0.05, 0) is 48.7 Å². The van der Waals surface area contributed by atoms with Crippen molar-refractivity contribution >= 4 is 11.6 Å². The summed E-state index contributed by atoms with van der Waals surface area (Å²) in [6, 6.07) is 8.59. The number of halogens is 2. The van der Waals surface area contributed by atoms with E-state index in [9.17, 15) is 4.39 Å². The number of furan rings is 1. The van der Waals surface area contributed by atoms with Gasteiger partial charge in [0.05, 0.1) is 6.26 Å². The molecule has 0 saturated carbocycles. The van der Waals surface area contributed by atoms with Crippen LogP contribution in [0.5, 0.6) is 0 Å². The minimum atomic E-state index is -0.189. The third-order valence-electron chi connectivity index (χ3n) is 3.04. The predicted molar refractivity (Wildman–Crippen MR) is 74.9 cm³/mol. The fraction of sp³-hybridized carbons (Fsp3) is 0.333. The monoisotopic (exact) mass is 281 g/mol. The minimum Gasteiger partial charge on any atom is -0.453 e. The Morgan fingerprint density at radius 1 is 1.32 bits per heavy atom. The number of nitrogens with one attached hydrogen (secondary N) is 1. The average Bonchev–Trinajstić information content (AvgIpc) is 2.83. The largest absolute Gasteiger partial charge is 0.453 e. The molecule has 0 spiro atoms. The van der Waals surface area contributed by atoms with Crippen LogP contribution in [0.4, 0.5) is 4.39 Å². The summed E-state index contributed by atoms with van der Waals surface area (Å²) in [4.78, 5) is 0. The number of hydrogen-bond donors (Lipinski definition) is 1. The van der Waals surface area contributed by atoms with Crippen LogP contribution in [0.1, 0.15) is 30.5 Å². The lowest BCUT2D eigenvalue weighted by molar-refractivity contribution is 0.502. The van der Waals surface area contributed by atoms with Gasteiger partial charge in [-0.3, -0.25) is 0 Å². The van der Waals surface area contributed by atoms with Crippen LogP contribution in [0.25, 0.3) is 0 Å². The molecule has 0 amide bonds. The predicted octanol–water partition coefficient (Wildman–Crippen LogP) is 4.36. The van der Waals surface area contributed by atoms with Crippen molar-refractivity contribution < 1.29 is 8.81 Å². The summed E-state index contributed by atoms with van der Waals surface area (Å²) in [6.07, 6.45) is 3.11. The Kier molecular flexibility index (Phi) is 5.00. The van der Waals surface area contributed by atoms with Crippen molar-refractivity contribution in [1.82, 2.24) is 5.32 Å². The van der Waals surface area contributed by atoms with Gasteiger partial charge in [0.25, 0.3) is 0 Å². The molecule has 0 aliphatic rings. The zero-order valence-corrected chi connectivity index (χ0v) is 11.6. The van der Waals surface area contributed by atoms with Gasteiger partial charge in [-0.25, -0.2) is 4.39 Å². The van der Waals surface area contributed by atoms with Crippen molar-refractivity contribution in [2.45, 2.75) is 25.8 Å². The maximum absolute atomic E-state index is 13.7. The number of rotatable bonds is 6. The van der Waals surface area contributed by atoms with Crippen molar-refractivity contribution in [1.29, 1.82) is 0 Å². The fourth-order valence-electron chi connectivity index (χ4n) is 2.05. The Labute approximate surface area is 117 Å². The first-order valence-electron chi connectivity index (χ1n) is 6.42. The summed E-state index contributed by atoms with van der Waals surface area (Å²) in [5.41, 5.74) is 1.55. The topological polar surface area (TPSA) is 25.2 Å². The van der Waals surface area contributed by atoms with Gasteiger partial charge in [0, 0.05) is 11.6 Å². The molecule has 4 heteroatoms. The van der Waals surface area contributed by atoms with Crippen LogP contribution < -0.4 is 5.32 Å². The van der Waals surface area contributed by atoms with Crippen molar-refractivity contribution in [3.05, 3.63) is 58.8 Å². The highest BCUT2D eigenvalue weighted by Crippen LogP contribution is 2.27. The Bertz CT molecular complexity index is 526. The smallest absolute Gasteiger partial charge is 0.197 e. The maximum Gasteiger partial charge on any atom is 0.197 e. The van der Waals surface area contributed by atoms with E-state index in [0.29, 0.717) is 17.2 Å². The van der Waals surface area contributed by atoms with Gasteiger partial charge in [0.2, 0.25) is 0 Å². The van der Waals surface area contributed by atoms with E-state index in [0.717, 1.165) is 18.5 Å². The first-order chi connectivity index (χ1) is 9.22. The summed E-state index contributed by atoms with van der Waals surface area (Å²) in [6.45, 7) is 2.94. The van der Waals surface area contributed by atoms with Crippen LogP contribution >= 0.6 is 11.6 Å². The van der Waals surface area contributed by atoms with E-state index in [-0.39, 0.29) is 11.9 Å². The van der Waals surface area contributed by atoms with Crippen molar-refractivity contribution in [3.8, 4) is 0 Å². The molecule has 2 rings (SSSR count). The molecule has 0 aliphatic heterocycles. The Morgan fingerprint density at radius 2 is 2.11 bits per heavy atom. The number of benzene rings is 1. The second-order valence-corrected chi connectivity index (χ2v) is 4.80. The lowest BCUT2D eigenvalue weighted by Gasteiger charge is -2.18. The second kappa shape index (κ2) is 6.73. The van der Waals surface area contributed by atoms with Crippen LogP contribution in [0.2, 0.25) is 5.22 Å². The summed E-state index contributed by atoms with van der Waals surface area (Å²) < 4.78 is 18.9. The van der Waals surface area contributed by atoms with Crippen molar-refractivity contribution in [3.63, 3.8) is 0 Å². The van der Waals surface area contributed by atoms with E-state index in [1.54, 1.807) is 18.4 Å². The summed E-state index contributed by atoms with van der Waals surface area (Å²) in [5, 5.41) is 3.74. The first kappa shape index (κ1) is 14.1. The molecule has 0 aliphatic carbocycles. The van der Waals surface area contributed by atoms with Gasteiger partial charge >= 0.3 is 0 Å². The molecular formula is C15H17ClFNO. The van der Waals surface area contributed by atoms with Crippen molar-refractivity contribution in [2.24, 2.45) is 0 Å². The molecule has 0 saturated heterocycles. The molecule has 1 N–H and O–H groups in total. The van der Waals surface area contributed by atoms with Gasteiger partial charge < -0.3 is 9.73 Å². The third-order valence-corrected chi connectivity index (χ3v) is 3.35. The highest BCUT2D eigenvalue weighted by molar-refractivity contribution is 6.29. The lowest BCUT2D eigenvalue weighted by atomic mass is 10.0. The average molecular weight is 282 g/mol. The lowest BCUT2D eigenvalue weighted by Crippen LogP contribution is -2.24. The molecule has 1 aromatic heterocycles. The van der Waals surface area contributed by atoms with Crippen molar-refractivity contribution in [2.75, 3.05) is 6.54 Å². The molecule has 19 heavy (non-hydrogen) atoms. The second-order valence-electron chi connectivity index (χ2n) is 4.45. The van der Waals surface area contributed by atoms with E-state index < -0.39 is 0 Å². The maximum atomic E-state index is 13.7. The molecule has 2 nitrogen and oxygen atoms in total.